The van der Waals surface area contributed by atoms with Crippen molar-refractivity contribution < 1.29 is 19.1 Å². The number of halogens is 1. The highest BCUT2D eigenvalue weighted by Gasteiger charge is 2.38. The van der Waals surface area contributed by atoms with E-state index in [1.54, 1.807) is 13.0 Å². The molecule has 1 aliphatic heterocycles. The van der Waals surface area contributed by atoms with E-state index in [1.807, 2.05) is 55.5 Å². The van der Waals surface area contributed by atoms with E-state index in [0.29, 0.717) is 23.7 Å². The number of rotatable bonds is 5. The number of para-hydroxylation sites is 1. The predicted molar refractivity (Wildman–Crippen MR) is 112 cm³/mol. The summed E-state index contributed by atoms with van der Waals surface area (Å²) in [5, 5.41) is 0. The van der Waals surface area contributed by atoms with Crippen molar-refractivity contribution in [2.45, 2.75) is 13.8 Å². The minimum absolute atomic E-state index is 0.249. The van der Waals surface area contributed by atoms with Gasteiger partial charge in [-0.3, -0.25) is 9.69 Å². The van der Waals surface area contributed by atoms with Crippen LogP contribution in [0.25, 0.3) is 6.08 Å². The fourth-order valence-electron chi connectivity index (χ4n) is 3.15. The lowest BCUT2D eigenvalue weighted by atomic mass is 10.0. The van der Waals surface area contributed by atoms with Gasteiger partial charge in [-0.05, 0) is 44.2 Å². The number of methoxy groups -OCH3 is 1. The second-order valence-electron chi connectivity index (χ2n) is 6.10. The average molecular weight is 442 g/mol. The Morgan fingerprint density at radius 3 is 2.61 bits per heavy atom. The van der Waals surface area contributed by atoms with Gasteiger partial charge in [0.2, 0.25) is 0 Å². The van der Waals surface area contributed by atoms with Crippen LogP contribution >= 0.6 is 15.9 Å². The highest BCUT2D eigenvalue weighted by molar-refractivity contribution is 9.10. The fraction of sp³-hybridized carbons (Fsp3) is 0.182. The summed E-state index contributed by atoms with van der Waals surface area (Å²) in [5.41, 5.74) is 2.43. The summed E-state index contributed by atoms with van der Waals surface area (Å²) in [6.45, 7) is 4.13. The molecule has 5 nitrogen and oxygen atoms in total. The summed E-state index contributed by atoms with van der Waals surface area (Å²) in [6.07, 6.45) is 1.68. The minimum Gasteiger partial charge on any atom is -0.493 e. The standard InChI is InChI=1S/C22H20BrNO4/c1-4-28-19-11-6-5-8-15(19)12-18-20(22(26)27-3)14(2)24(21(18)25)17-10-7-9-16(23)13-17/h5-13H,4H2,1-3H3/b18-12-. The number of hydrogen-bond donors (Lipinski definition) is 0. The first-order chi connectivity index (χ1) is 13.5. The van der Waals surface area contributed by atoms with Crippen molar-refractivity contribution in [3.05, 3.63) is 75.4 Å². The number of esters is 1. The van der Waals surface area contributed by atoms with Gasteiger partial charge in [-0.15, -0.1) is 0 Å². The van der Waals surface area contributed by atoms with Gasteiger partial charge in [0.1, 0.15) is 5.75 Å². The third kappa shape index (κ3) is 3.73. The molecule has 0 aromatic heterocycles. The zero-order valence-corrected chi connectivity index (χ0v) is 17.4. The van der Waals surface area contributed by atoms with Crippen LogP contribution in [0.3, 0.4) is 0 Å². The van der Waals surface area contributed by atoms with E-state index in [1.165, 1.54) is 12.0 Å². The van der Waals surface area contributed by atoms with E-state index in [-0.39, 0.29) is 17.1 Å². The van der Waals surface area contributed by atoms with Crippen molar-refractivity contribution in [3.63, 3.8) is 0 Å². The smallest absolute Gasteiger partial charge is 0.340 e. The summed E-state index contributed by atoms with van der Waals surface area (Å²) in [5.74, 6) is -0.195. The Hall–Kier alpha value is -2.86. The number of amides is 1. The molecule has 0 saturated carbocycles. The van der Waals surface area contributed by atoms with Crippen molar-refractivity contribution in [2.24, 2.45) is 0 Å². The molecule has 0 fully saturated rings. The Labute approximate surface area is 172 Å². The number of hydrogen-bond acceptors (Lipinski definition) is 4. The molecular weight excluding hydrogens is 422 g/mol. The van der Waals surface area contributed by atoms with Gasteiger partial charge in [0.15, 0.2) is 0 Å². The van der Waals surface area contributed by atoms with Crippen LogP contribution in [-0.4, -0.2) is 25.6 Å². The van der Waals surface area contributed by atoms with Crippen molar-refractivity contribution >= 4 is 39.6 Å². The molecule has 144 valence electrons. The highest BCUT2D eigenvalue weighted by atomic mass is 79.9. The van der Waals surface area contributed by atoms with E-state index in [9.17, 15) is 9.59 Å². The van der Waals surface area contributed by atoms with Gasteiger partial charge in [-0.25, -0.2) is 4.79 Å². The summed E-state index contributed by atoms with van der Waals surface area (Å²) in [4.78, 5) is 27.3. The lowest BCUT2D eigenvalue weighted by Gasteiger charge is -2.18. The molecule has 0 bridgehead atoms. The molecule has 3 rings (SSSR count). The average Bonchev–Trinajstić information content (AvgIpc) is 2.93. The SMILES string of the molecule is CCOc1ccccc1/C=C1\C(=O)N(c2cccc(Br)c2)C(C)=C1C(=O)OC. The molecule has 0 saturated heterocycles. The first-order valence-electron chi connectivity index (χ1n) is 8.81. The molecule has 1 amide bonds. The van der Waals surface area contributed by atoms with Crippen LogP contribution in [-0.2, 0) is 14.3 Å². The summed E-state index contributed by atoms with van der Waals surface area (Å²) >= 11 is 3.43. The van der Waals surface area contributed by atoms with Crippen molar-refractivity contribution in [2.75, 3.05) is 18.6 Å². The van der Waals surface area contributed by atoms with E-state index in [2.05, 4.69) is 15.9 Å². The third-order valence-electron chi connectivity index (χ3n) is 4.37. The van der Waals surface area contributed by atoms with Crippen molar-refractivity contribution in [3.8, 4) is 5.75 Å². The molecule has 0 aliphatic carbocycles. The Balaban J connectivity index is 2.16. The fourth-order valence-corrected chi connectivity index (χ4v) is 3.54. The van der Waals surface area contributed by atoms with E-state index in [4.69, 9.17) is 9.47 Å². The molecule has 0 N–H and O–H groups in total. The van der Waals surface area contributed by atoms with Crippen molar-refractivity contribution in [1.82, 2.24) is 0 Å². The monoisotopic (exact) mass is 441 g/mol. The van der Waals surface area contributed by atoms with Crippen molar-refractivity contribution in [1.29, 1.82) is 0 Å². The predicted octanol–water partition coefficient (Wildman–Crippen LogP) is 4.73. The number of ether oxygens (including phenoxy) is 2. The second-order valence-corrected chi connectivity index (χ2v) is 7.02. The number of allylic oxidation sites excluding steroid dienone is 1. The quantitative estimate of drug-likeness (QED) is 0.497. The Kier molecular flexibility index (Phi) is 5.99. The number of anilines is 1. The molecule has 2 aromatic rings. The van der Waals surface area contributed by atoms with Crippen LogP contribution in [0.1, 0.15) is 19.4 Å². The minimum atomic E-state index is -0.552. The first kappa shape index (κ1) is 19.9. The summed E-state index contributed by atoms with van der Waals surface area (Å²) < 4.78 is 11.4. The number of carbonyl (C=O) groups excluding carboxylic acids is 2. The van der Waals surface area contributed by atoms with Gasteiger partial charge in [-0.1, -0.05) is 40.2 Å². The topological polar surface area (TPSA) is 55.8 Å². The van der Waals surface area contributed by atoms with Crippen LogP contribution in [0.2, 0.25) is 0 Å². The summed E-state index contributed by atoms with van der Waals surface area (Å²) in [7, 11) is 1.31. The van der Waals surface area contributed by atoms with E-state index >= 15 is 0 Å². The van der Waals surface area contributed by atoms with Gasteiger partial charge in [-0.2, -0.15) is 0 Å². The van der Waals surface area contributed by atoms with E-state index < -0.39 is 5.97 Å². The molecule has 1 aliphatic rings. The number of nitrogens with zero attached hydrogens (tertiary/aromatic N) is 1. The Morgan fingerprint density at radius 2 is 1.93 bits per heavy atom. The second kappa shape index (κ2) is 8.44. The molecule has 0 radical (unpaired) electrons. The lowest BCUT2D eigenvalue weighted by Crippen LogP contribution is -2.24. The zero-order chi connectivity index (χ0) is 20.3. The third-order valence-corrected chi connectivity index (χ3v) is 4.87. The van der Waals surface area contributed by atoms with Crippen LogP contribution in [0.5, 0.6) is 5.75 Å². The largest absolute Gasteiger partial charge is 0.493 e. The van der Waals surface area contributed by atoms with Crippen LogP contribution < -0.4 is 9.64 Å². The highest BCUT2D eigenvalue weighted by Crippen LogP contribution is 2.37. The van der Waals surface area contributed by atoms with Gasteiger partial charge < -0.3 is 9.47 Å². The van der Waals surface area contributed by atoms with E-state index in [0.717, 1.165) is 10.0 Å². The molecule has 0 atom stereocenters. The van der Waals surface area contributed by atoms with Crippen LogP contribution in [0.4, 0.5) is 5.69 Å². The lowest BCUT2D eigenvalue weighted by molar-refractivity contribution is -0.136. The number of carbonyl (C=O) groups is 2. The van der Waals surface area contributed by atoms with Gasteiger partial charge in [0, 0.05) is 15.7 Å². The molecule has 0 unspecified atom stereocenters. The van der Waals surface area contributed by atoms with Gasteiger partial charge >= 0.3 is 5.97 Å². The zero-order valence-electron chi connectivity index (χ0n) is 15.9. The maximum absolute atomic E-state index is 13.3. The number of benzene rings is 2. The Morgan fingerprint density at radius 1 is 1.18 bits per heavy atom. The molecule has 0 spiro atoms. The Bertz CT molecular complexity index is 994. The maximum Gasteiger partial charge on any atom is 0.340 e. The summed E-state index contributed by atoms with van der Waals surface area (Å²) in [6, 6.07) is 14.7. The first-order valence-corrected chi connectivity index (χ1v) is 9.60. The molecule has 2 aromatic carbocycles. The van der Waals surface area contributed by atoms with Crippen LogP contribution in [0.15, 0.2) is 69.8 Å². The molecule has 1 heterocycles. The maximum atomic E-state index is 13.3. The molecule has 28 heavy (non-hydrogen) atoms. The van der Waals surface area contributed by atoms with Gasteiger partial charge in [0.25, 0.3) is 5.91 Å². The van der Waals surface area contributed by atoms with Gasteiger partial charge in [0.05, 0.1) is 30.6 Å². The molecular formula is C22H20BrNO4. The normalized spacial score (nSPS) is 15.4. The molecule has 6 heteroatoms. The van der Waals surface area contributed by atoms with Crippen LogP contribution in [0, 0.1) is 0 Å².